The van der Waals surface area contributed by atoms with Crippen molar-refractivity contribution >= 4 is 0 Å². The number of rotatable bonds is 7. The fourth-order valence-corrected chi connectivity index (χ4v) is 1.30. The molecule has 0 unspecified atom stereocenters. The van der Waals surface area contributed by atoms with Crippen LogP contribution in [0.1, 0.15) is 12.0 Å². The van der Waals surface area contributed by atoms with E-state index in [9.17, 15) is 0 Å². The van der Waals surface area contributed by atoms with Gasteiger partial charge in [-0.2, -0.15) is 5.26 Å². The molecule has 1 N–H and O–H groups in total. The molecule has 0 aromatic heterocycles. The topological polar surface area (TPSA) is 45.0 Å². The molecule has 3 heteroatoms. The highest BCUT2D eigenvalue weighted by molar-refractivity contribution is 5.28. The van der Waals surface area contributed by atoms with E-state index in [0.717, 1.165) is 30.8 Å². The minimum Gasteiger partial charge on any atom is -0.479 e. The summed E-state index contributed by atoms with van der Waals surface area (Å²) in [5.74, 6) is 0.740. The number of hydrogen-bond acceptors (Lipinski definition) is 3. The maximum Gasteiger partial charge on any atom is 0.174 e. The summed E-state index contributed by atoms with van der Waals surface area (Å²) >= 11 is 0. The standard InChI is InChI=1S/C13H16N2O/c1-2-3-8-15-11-12-5-4-6-13(10-12)16-9-7-14/h2,4-6,10,15H,1,3,8-9,11H2. The molecule has 1 rings (SSSR count). The molecule has 0 atom stereocenters. The van der Waals surface area contributed by atoms with Gasteiger partial charge in [-0.15, -0.1) is 6.58 Å². The van der Waals surface area contributed by atoms with Gasteiger partial charge in [0.15, 0.2) is 6.61 Å². The minimum atomic E-state index is 0.0906. The van der Waals surface area contributed by atoms with Crippen LogP contribution in [-0.2, 0) is 6.54 Å². The second-order valence-corrected chi connectivity index (χ2v) is 3.35. The Morgan fingerprint density at radius 3 is 3.12 bits per heavy atom. The molecule has 0 aliphatic carbocycles. The molecule has 0 heterocycles. The zero-order chi connectivity index (χ0) is 11.6. The van der Waals surface area contributed by atoms with E-state index in [2.05, 4.69) is 11.9 Å². The maximum atomic E-state index is 8.40. The van der Waals surface area contributed by atoms with Crippen LogP contribution in [0, 0.1) is 11.3 Å². The number of nitrogens with one attached hydrogen (secondary N) is 1. The van der Waals surface area contributed by atoms with Gasteiger partial charge in [-0.3, -0.25) is 0 Å². The first kappa shape index (κ1) is 12.3. The van der Waals surface area contributed by atoms with Gasteiger partial charge in [-0.1, -0.05) is 18.2 Å². The van der Waals surface area contributed by atoms with Gasteiger partial charge in [0.2, 0.25) is 0 Å². The van der Waals surface area contributed by atoms with Crippen LogP contribution in [0.2, 0.25) is 0 Å². The first-order valence-corrected chi connectivity index (χ1v) is 5.27. The fraction of sp³-hybridized carbons (Fsp3) is 0.308. The average molecular weight is 216 g/mol. The van der Waals surface area contributed by atoms with Gasteiger partial charge in [-0.05, 0) is 30.7 Å². The van der Waals surface area contributed by atoms with Crippen molar-refractivity contribution in [3.05, 3.63) is 42.5 Å². The summed E-state index contributed by atoms with van der Waals surface area (Å²) in [4.78, 5) is 0. The smallest absolute Gasteiger partial charge is 0.174 e. The van der Waals surface area contributed by atoms with Gasteiger partial charge in [-0.25, -0.2) is 0 Å². The van der Waals surface area contributed by atoms with Crippen molar-refractivity contribution in [3.63, 3.8) is 0 Å². The van der Waals surface area contributed by atoms with Crippen LogP contribution in [-0.4, -0.2) is 13.2 Å². The highest BCUT2D eigenvalue weighted by atomic mass is 16.5. The zero-order valence-corrected chi connectivity index (χ0v) is 9.28. The molecule has 0 aliphatic rings. The molecule has 3 nitrogen and oxygen atoms in total. The summed E-state index contributed by atoms with van der Waals surface area (Å²) in [6.45, 7) is 5.48. The molecule has 16 heavy (non-hydrogen) atoms. The van der Waals surface area contributed by atoms with Gasteiger partial charge < -0.3 is 10.1 Å². The number of benzene rings is 1. The van der Waals surface area contributed by atoms with Gasteiger partial charge in [0.05, 0.1) is 0 Å². The molecule has 84 valence electrons. The number of nitrogens with zero attached hydrogens (tertiary/aromatic N) is 1. The molecule has 1 aromatic rings. The van der Waals surface area contributed by atoms with Crippen molar-refractivity contribution in [1.29, 1.82) is 5.26 Å². The Morgan fingerprint density at radius 1 is 1.50 bits per heavy atom. The van der Waals surface area contributed by atoms with Crippen LogP contribution in [0.15, 0.2) is 36.9 Å². The van der Waals surface area contributed by atoms with Crippen molar-refractivity contribution in [1.82, 2.24) is 5.32 Å². The van der Waals surface area contributed by atoms with Crippen LogP contribution in [0.3, 0.4) is 0 Å². The SMILES string of the molecule is C=CCCNCc1cccc(OCC#N)c1. The first-order valence-electron chi connectivity index (χ1n) is 5.27. The molecule has 0 bridgehead atoms. The Labute approximate surface area is 96.4 Å². The Kier molecular flexibility index (Phi) is 5.75. The molecule has 0 fully saturated rings. The molecule has 0 spiro atoms. The van der Waals surface area contributed by atoms with E-state index >= 15 is 0 Å². The van der Waals surface area contributed by atoms with Gasteiger partial charge in [0.1, 0.15) is 11.8 Å². The van der Waals surface area contributed by atoms with Gasteiger partial charge in [0, 0.05) is 6.54 Å². The minimum absolute atomic E-state index is 0.0906. The number of ether oxygens (including phenoxy) is 1. The lowest BCUT2D eigenvalue weighted by atomic mass is 10.2. The van der Waals surface area contributed by atoms with Crippen molar-refractivity contribution in [3.8, 4) is 11.8 Å². The van der Waals surface area contributed by atoms with Crippen LogP contribution in [0.4, 0.5) is 0 Å². The quantitative estimate of drug-likeness (QED) is 0.561. The maximum absolute atomic E-state index is 8.40. The van der Waals surface area contributed by atoms with E-state index in [1.54, 1.807) is 0 Å². The van der Waals surface area contributed by atoms with E-state index in [1.165, 1.54) is 0 Å². The Balaban J connectivity index is 2.41. The van der Waals surface area contributed by atoms with Crippen molar-refractivity contribution < 1.29 is 4.74 Å². The Morgan fingerprint density at radius 2 is 2.38 bits per heavy atom. The summed E-state index contributed by atoms with van der Waals surface area (Å²) in [5, 5.41) is 11.7. The summed E-state index contributed by atoms with van der Waals surface area (Å²) in [7, 11) is 0. The van der Waals surface area contributed by atoms with E-state index in [4.69, 9.17) is 10.00 Å². The van der Waals surface area contributed by atoms with Crippen LogP contribution in [0.25, 0.3) is 0 Å². The lowest BCUT2D eigenvalue weighted by molar-refractivity contribution is 0.367. The molecule has 0 radical (unpaired) electrons. The van der Waals surface area contributed by atoms with E-state index in [1.807, 2.05) is 36.4 Å². The predicted molar refractivity (Wildman–Crippen MR) is 64.1 cm³/mol. The predicted octanol–water partition coefficient (Wildman–Crippen LogP) is 2.25. The molecular weight excluding hydrogens is 200 g/mol. The third kappa shape index (κ3) is 4.63. The molecule has 0 amide bonds. The lowest BCUT2D eigenvalue weighted by Gasteiger charge is -2.06. The van der Waals surface area contributed by atoms with Gasteiger partial charge in [0.25, 0.3) is 0 Å². The second kappa shape index (κ2) is 7.49. The zero-order valence-electron chi connectivity index (χ0n) is 9.28. The highest BCUT2D eigenvalue weighted by Gasteiger charge is 1.96. The summed E-state index contributed by atoms with van der Waals surface area (Å²) in [6, 6.07) is 9.70. The summed E-state index contributed by atoms with van der Waals surface area (Å²) < 4.78 is 5.22. The highest BCUT2D eigenvalue weighted by Crippen LogP contribution is 2.12. The first-order chi connectivity index (χ1) is 7.86. The number of hydrogen-bond donors (Lipinski definition) is 1. The van der Waals surface area contributed by atoms with Crippen molar-refractivity contribution in [2.45, 2.75) is 13.0 Å². The molecule has 0 saturated carbocycles. The Hall–Kier alpha value is -1.79. The van der Waals surface area contributed by atoms with Gasteiger partial charge >= 0.3 is 0 Å². The molecular formula is C13H16N2O. The lowest BCUT2D eigenvalue weighted by Crippen LogP contribution is -2.13. The molecule has 0 saturated heterocycles. The van der Waals surface area contributed by atoms with E-state index in [-0.39, 0.29) is 6.61 Å². The van der Waals surface area contributed by atoms with Crippen molar-refractivity contribution in [2.24, 2.45) is 0 Å². The van der Waals surface area contributed by atoms with Crippen molar-refractivity contribution in [2.75, 3.05) is 13.2 Å². The number of nitriles is 1. The van der Waals surface area contributed by atoms with Crippen LogP contribution >= 0.6 is 0 Å². The van der Waals surface area contributed by atoms with E-state index < -0.39 is 0 Å². The Bertz CT molecular complexity index is 368. The van der Waals surface area contributed by atoms with E-state index in [0.29, 0.717) is 0 Å². The third-order valence-corrected chi connectivity index (χ3v) is 2.06. The van der Waals surface area contributed by atoms with Crippen LogP contribution < -0.4 is 10.1 Å². The monoisotopic (exact) mass is 216 g/mol. The summed E-state index contributed by atoms with van der Waals surface area (Å²) in [5.41, 5.74) is 1.15. The third-order valence-electron chi connectivity index (χ3n) is 2.06. The average Bonchev–Trinajstić information content (AvgIpc) is 2.33. The second-order valence-electron chi connectivity index (χ2n) is 3.35. The molecule has 1 aromatic carbocycles. The van der Waals surface area contributed by atoms with Crippen LogP contribution in [0.5, 0.6) is 5.75 Å². The fourth-order valence-electron chi connectivity index (χ4n) is 1.30. The normalized spacial score (nSPS) is 9.44. The molecule has 0 aliphatic heterocycles. The summed E-state index contributed by atoms with van der Waals surface area (Å²) in [6.07, 6.45) is 2.85. The largest absolute Gasteiger partial charge is 0.479 e.